The summed E-state index contributed by atoms with van der Waals surface area (Å²) in [5, 5.41) is 5.74. The monoisotopic (exact) mass is 346 g/mol. The number of nitrogens with one attached hydrogen (secondary N) is 1. The van der Waals surface area contributed by atoms with Crippen molar-refractivity contribution in [2.45, 2.75) is 6.92 Å². The Kier molecular flexibility index (Phi) is 4.44. The van der Waals surface area contributed by atoms with Crippen LogP contribution in [0.3, 0.4) is 0 Å². The van der Waals surface area contributed by atoms with Crippen molar-refractivity contribution in [3.05, 3.63) is 60.8 Å². The molecule has 2 heterocycles. The van der Waals surface area contributed by atoms with Crippen molar-refractivity contribution in [3.8, 4) is 0 Å². The van der Waals surface area contributed by atoms with E-state index in [1.165, 1.54) is 0 Å². The number of hydrogen-bond acceptors (Lipinski definition) is 4. The van der Waals surface area contributed by atoms with Crippen LogP contribution in [-0.2, 0) is 4.79 Å². The third kappa shape index (κ3) is 3.20. The second-order valence-corrected chi connectivity index (χ2v) is 6.53. The standard InChI is InChI=1S/C21H22N4O/c1-16(26)24-11-13-25(14-12-24)21-19-10-6-5-9-18(19)20(15-22-21)23-17-7-3-2-4-8-17/h2-10,15,23H,11-14H2,1H3. The predicted octanol–water partition coefficient (Wildman–Crippen LogP) is 3.65. The van der Waals surface area contributed by atoms with E-state index < -0.39 is 0 Å². The molecule has 0 unspecified atom stereocenters. The number of benzene rings is 2. The number of pyridine rings is 1. The van der Waals surface area contributed by atoms with Gasteiger partial charge in [-0.15, -0.1) is 0 Å². The fourth-order valence-electron chi connectivity index (χ4n) is 3.44. The summed E-state index contributed by atoms with van der Waals surface area (Å²) in [5.74, 6) is 1.13. The second kappa shape index (κ2) is 7.04. The maximum atomic E-state index is 11.6. The molecule has 1 saturated heterocycles. The highest BCUT2D eigenvalue weighted by molar-refractivity contribution is 6.01. The molecule has 1 aliphatic rings. The average Bonchev–Trinajstić information content (AvgIpc) is 2.69. The van der Waals surface area contributed by atoms with Crippen molar-refractivity contribution in [2.24, 2.45) is 0 Å². The van der Waals surface area contributed by atoms with Crippen molar-refractivity contribution in [3.63, 3.8) is 0 Å². The van der Waals surface area contributed by atoms with Gasteiger partial charge >= 0.3 is 0 Å². The number of rotatable bonds is 3. The molecular weight excluding hydrogens is 324 g/mol. The van der Waals surface area contributed by atoms with Crippen molar-refractivity contribution < 1.29 is 4.79 Å². The summed E-state index contributed by atoms with van der Waals surface area (Å²) >= 11 is 0. The van der Waals surface area contributed by atoms with Gasteiger partial charge in [0.05, 0.1) is 11.9 Å². The molecule has 0 radical (unpaired) electrons. The van der Waals surface area contributed by atoms with Crippen LogP contribution in [0.15, 0.2) is 60.8 Å². The molecule has 0 spiro atoms. The normalized spacial score (nSPS) is 14.5. The smallest absolute Gasteiger partial charge is 0.219 e. The lowest BCUT2D eigenvalue weighted by atomic mass is 10.1. The summed E-state index contributed by atoms with van der Waals surface area (Å²) in [6.07, 6.45) is 1.90. The number of piperazine rings is 1. The quantitative estimate of drug-likeness (QED) is 0.786. The highest BCUT2D eigenvalue weighted by Gasteiger charge is 2.21. The Morgan fingerprint density at radius 3 is 2.27 bits per heavy atom. The minimum absolute atomic E-state index is 0.143. The van der Waals surface area contributed by atoms with Crippen molar-refractivity contribution in [1.29, 1.82) is 0 Å². The van der Waals surface area contributed by atoms with Crippen LogP contribution in [0, 0.1) is 0 Å². The molecular formula is C21H22N4O. The Bertz CT molecular complexity index is 918. The number of nitrogens with zero attached hydrogens (tertiary/aromatic N) is 3. The van der Waals surface area contributed by atoms with Crippen LogP contribution in [0.1, 0.15) is 6.92 Å². The third-order valence-corrected chi connectivity index (χ3v) is 4.85. The molecule has 132 valence electrons. The Labute approximate surface area is 153 Å². The van der Waals surface area contributed by atoms with E-state index in [1.807, 2.05) is 47.5 Å². The molecule has 1 amide bonds. The molecule has 4 rings (SSSR count). The van der Waals surface area contributed by atoms with Crippen LogP contribution in [-0.4, -0.2) is 42.0 Å². The molecule has 1 aliphatic heterocycles. The van der Waals surface area contributed by atoms with E-state index in [4.69, 9.17) is 4.98 Å². The molecule has 0 atom stereocenters. The molecule has 3 aromatic rings. The molecule has 1 fully saturated rings. The molecule has 26 heavy (non-hydrogen) atoms. The Morgan fingerprint density at radius 2 is 1.58 bits per heavy atom. The van der Waals surface area contributed by atoms with Gasteiger partial charge in [-0.2, -0.15) is 0 Å². The molecule has 0 aliphatic carbocycles. The number of amides is 1. The summed E-state index contributed by atoms with van der Waals surface area (Å²) in [4.78, 5) is 20.5. The van der Waals surface area contributed by atoms with Crippen LogP contribution in [0.25, 0.3) is 10.8 Å². The van der Waals surface area contributed by atoms with E-state index in [0.29, 0.717) is 0 Å². The van der Waals surface area contributed by atoms with E-state index in [-0.39, 0.29) is 5.91 Å². The number of fused-ring (bicyclic) bond motifs is 1. The lowest BCUT2D eigenvalue weighted by Crippen LogP contribution is -2.48. The van der Waals surface area contributed by atoms with Gasteiger partial charge < -0.3 is 15.1 Å². The summed E-state index contributed by atoms with van der Waals surface area (Å²) in [5.41, 5.74) is 2.04. The Hall–Kier alpha value is -3.08. The number of para-hydroxylation sites is 1. The largest absolute Gasteiger partial charge is 0.354 e. The zero-order chi connectivity index (χ0) is 17.9. The average molecular weight is 346 g/mol. The molecule has 0 bridgehead atoms. The fourth-order valence-corrected chi connectivity index (χ4v) is 3.44. The Balaban J connectivity index is 1.66. The lowest BCUT2D eigenvalue weighted by molar-refractivity contribution is -0.129. The van der Waals surface area contributed by atoms with Crippen LogP contribution >= 0.6 is 0 Å². The molecule has 5 heteroatoms. The van der Waals surface area contributed by atoms with Gasteiger partial charge in [0.25, 0.3) is 0 Å². The van der Waals surface area contributed by atoms with Crippen molar-refractivity contribution >= 4 is 33.9 Å². The van der Waals surface area contributed by atoms with Crippen LogP contribution in [0.2, 0.25) is 0 Å². The van der Waals surface area contributed by atoms with Gasteiger partial charge in [-0.3, -0.25) is 4.79 Å². The van der Waals surface area contributed by atoms with E-state index in [1.54, 1.807) is 6.92 Å². The second-order valence-electron chi connectivity index (χ2n) is 6.53. The van der Waals surface area contributed by atoms with Crippen LogP contribution in [0.4, 0.5) is 17.2 Å². The number of anilines is 3. The molecule has 1 aromatic heterocycles. The van der Waals surface area contributed by atoms with Crippen LogP contribution in [0.5, 0.6) is 0 Å². The summed E-state index contributed by atoms with van der Waals surface area (Å²) in [6.45, 7) is 4.74. The summed E-state index contributed by atoms with van der Waals surface area (Å²) < 4.78 is 0. The first-order valence-electron chi connectivity index (χ1n) is 8.92. The maximum Gasteiger partial charge on any atom is 0.219 e. The highest BCUT2D eigenvalue weighted by atomic mass is 16.2. The van der Waals surface area contributed by atoms with Crippen molar-refractivity contribution in [1.82, 2.24) is 9.88 Å². The summed E-state index contributed by atoms with van der Waals surface area (Å²) in [7, 11) is 0. The minimum atomic E-state index is 0.143. The molecule has 5 nitrogen and oxygen atoms in total. The highest BCUT2D eigenvalue weighted by Crippen LogP contribution is 2.32. The number of aromatic nitrogens is 1. The summed E-state index contributed by atoms with van der Waals surface area (Å²) in [6, 6.07) is 18.5. The van der Waals surface area contributed by atoms with E-state index in [2.05, 4.69) is 28.4 Å². The van der Waals surface area contributed by atoms with Gasteiger partial charge in [0, 0.05) is 49.6 Å². The third-order valence-electron chi connectivity index (χ3n) is 4.85. The number of carbonyl (C=O) groups excluding carboxylic acids is 1. The lowest BCUT2D eigenvalue weighted by Gasteiger charge is -2.35. The Morgan fingerprint density at radius 1 is 0.923 bits per heavy atom. The van der Waals surface area contributed by atoms with Gasteiger partial charge in [0.2, 0.25) is 5.91 Å². The van der Waals surface area contributed by atoms with Gasteiger partial charge in [-0.1, -0.05) is 42.5 Å². The fraction of sp³-hybridized carbons (Fsp3) is 0.238. The zero-order valence-corrected chi connectivity index (χ0v) is 14.9. The number of carbonyl (C=O) groups is 1. The first-order chi connectivity index (χ1) is 12.7. The zero-order valence-electron chi connectivity index (χ0n) is 14.9. The first-order valence-corrected chi connectivity index (χ1v) is 8.92. The van der Waals surface area contributed by atoms with E-state index >= 15 is 0 Å². The van der Waals surface area contributed by atoms with Gasteiger partial charge in [-0.05, 0) is 12.1 Å². The number of hydrogen-bond donors (Lipinski definition) is 1. The molecule has 2 aromatic carbocycles. The first kappa shape index (κ1) is 16.4. The van der Waals surface area contributed by atoms with Gasteiger partial charge in [0.15, 0.2) is 0 Å². The van der Waals surface area contributed by atoms with Gasteiger partial charge in [-0.25, -0.2) is 4.98 Å². The van der Waals surface area contributed by atoms with Crippen molar-refractivity contribution in [2.75, 3.05) is 36.4 Å². The topological polar surface area (TPSA) is 48.5 Å². The van der Waals surface area contributed by atoms with Crippen LogP contribution < -0.4 is 10.2 Å². The SMILES string of the molecule is CC(=O)N1CCN(c2ncc(Nc3ccccc3)c3ccccc23)CC1. The maximum absolute atomic E-state index is 11.6. The van der Waals surface area contributed by atoms with E-state index in [0.717, 1.165) is 54.1 Å². The molecule has 0 saturated carbocycles. The molecule has 1 N–H and O–H groups in total. The van der Waals surface area contributed by atoms with Gasteiger partial charge in [0.1, 0.15) is 5.82 Å². The minimum Gasteiger partial charge on any atom is -0.354 e. The predicted molar refractivity (Wildman–Crippen MR) is 106 cm³/mol. The van der Waals surface area contributed by atoms with E-state index in [9.17, 15) is 4.79 Å².